The van der Waals surface area contributed by atoms with Gasteiger partial charge in [-0.05, 0) is 18.6 Å². The molecule has 2 heterocycles. The van der Waals surface area contributed by atoms with E-state index >= 15 is 0 Å². The fourth-order valence-corrected chi connectivity index (χ4v) is 1.70. The average molecular weight is 253 g/mol. The van der Waals surface area contributed by atoms with Gasteiger partial charge in [-0.15, -0.1) is 0 Å². The molecular weight excluding hydrogens is 240 g/mol. The SMILES string of the molecule is CCC(CN)c1nc(-c2ncccc2Cl)no1. The summed E-state index contributed by atoms with van der Waals surface area (Å²) in [5.74, 6) is 1.02. The predicted octanol–water partition coefficient (Wildman–Crippen LogP) is 2.24. The maximum absolute atomic E-state index is 6.01. The molecule has 17 heavy (non-hydrogen) atoms. The standard InChI is InChI=1S/C11H13ClN4O/c1-2-7(6-13)11-15-10(16-17-11)9-8(12)4-3-5-14-9/h3-5,7H,2,6,13H2,1H3. The van der Waals surface area contributed by atoms with Crippen LogP contribution in [0, 0.1) is 0 Å². The van der Waals surface area contributed by atoms with Gasteiger partial charge in [-0.25, -0.2) is 0 Å². The Morgan fingerprint density at radius 2 is 2.35 bits per heavy atom. The van der Waals surface area contributed by atoms with E-state index < -0.39 is 0 Å². The number of hydrogen-bond donors (Lipinski definition) is 1. The number of rotatable bonds is 4. The van der Waals surface area contributed by atoms with Crippen molar-refractivity contribution >= 4 is 11.6 Å². The molecule has 0 aliphatic carbocycles. The fraction of sp³-hybridized carbons (Fsp3) is 0.364. The first-order valence-electron chi connectivity index (χ1n) is 5.40. The second-order valence-corrected chi connectivity index (χ2v) is 4.04. The lowest BCUT2D eigenvalue weighted by Gasteiger charge is -2.04. The Kier molecular flexibility index (Phi) is 3.71. The van der Waals surface area contributed by atoms with Crippen LogP contribution in [-0.4, -0.2) is 21.7 Å². The van der Waals surface area contributed by atoms with Crippen LogP contribution in [0.15, 0.2) is 22.9 Å². The summed E-state index contributed by atoms with van der Waals surface area (Å²) in [6.45, 7) is 2.50. The second kappa shape index (κ2) is 5.25. The molecule has 5 nitrogen and oxygen atoms in total. The zero-order valence-corrected chi connectivity index (χ0v) is 10.2. The Balaban J connectivity index is 2.33. The van der Waals surface area contributed by atoms with Crippen LogP contribution in [0.4, 0.5) is 0 Å². The van der Waals surface area contributed by atoms with Crippen LogP contribution < -0.4 is 5.73 Å². The molecule has 0 aromatic carbocycles. The van der Waals surface area contributed by atoms with Gasteiger partial charge >= 0.3 is 0 Å². The van der Waals surface area contributed by atoms with Crippen molar-refractivity contribution < 1.29 is 4.52 Å². The zero-order chi connectivity index (χ0) is 12.3. The van der Waals surface area contributed by atoms with E-state index in [0.29, 0.717) is 29.0 Å². The molecular formula is C11H13ClN4O. The van der Waals surface area contributed by atoms with Crippen molar-refractivity contribution in [1.82, 2.24) is 15.1 Å². The molecule has 0 saturated carbocycles. The third kappa shape index (κ3) is 2.45. The van der Waals surface area contributed by atoms with Crippen LogP contribution in [0.1, 0.15) is 25.2 Å². The van der Waals surface area contributed by atoms with Crippen molar-refractivity contribution in [2.75, 3.05) is 6.54 Å². The Morgan fingerprint density at radius 1 is 1.53 bits per heavy atom. The van der Waals surface area contributed by atoms with Crippen LogP contribution in [0.3, 0.4) is 0 Å². The lowest BCUT2D eigenvalue weighted by Crippen LogP contribution is -2.11. The highest BCUT2D eigenvalue weighted by Crippen LogP contribution is 2.24. The van der Waals surface area contributed by atoms with Crippen LogP contribution in [-0.2, 0) is 0 Å². The molecule has 0 bridgehead atoms. The Morgan fingerprint density at radius 3 is 3.00 bits per heavy atom. The monoisotopic (exact) mass is 252 g/mol. The topological polar surface area (TPSA) is 77.8 Å². The molecule has 1 atom stereocenters. The van der Waals surface area contributed by atoms with Crippen molar-refractivity contribution in [1.29, 1.82) is 0 Å². The van der Waals surface area contributed by atoms with Gasteiger partial charge in [0.2, 0.25) is 11.7 Å². The number of nitrogens with zero attached hydrogens (tertiary/aromatic N) is 3. The summed E-state index contributed by atoms with van der Waals surface area (Å²) < 4.78 is 5.18. The molecule has 2 aromatic rings. The van der Waals surface area contributed by atoms with E-state index in [0.717, 1.165) is 6.42 Å². The number of pyridine rings is 1. The van der Waals surface area contributed by atoms with Gasteiger partial charge in [-0.2, -0.15) is 4.98 Å². The van der Waals surface area contributed by atoms with Gasteiger partial charge in [0.25, 0.3) is 0 Å². The Hall–Kier alpha value is -1.46. The number of aromatic nitrogens is 3. The molecule has 0 aliphatic rings. The first-order chi connectivity index (χ1) is 8.26. The third-order valence-corrected chi connectivity index (χ3v) is 2.84. The molecule has 6 heteroatoms. The molecule has 90 valence electrons. The minimum absolute atomic E-state index is 0.0822. The van der Waals surface area contributed by atoms with E-state index in [1.807, 2.05) is 6.92 Å². The summed E-state index contributed by atoms with van der Waals surface area (Å²) in [6.07, 6.45) is 2.49. The van der Waals surface area contributed by atoms with Crippen molar-refractivity contribution in [3.05, 3.63) is 29.2 Å². The molecule has 0 saturated heterocycles. The number of halogens is 1. The number of hydrogen-bond acceptors (Lipinski definition) is 5. The first kappa shape index (κ1) is 12.0. The molecule has 0 amide bonds. The second-order valence-electron chi connectivity index (χ2n) is 3.63. The van der Waals surface area contributed by atoms with Crippen molar-refractivity contribution in [2.45, 2.75) is 19.3 Å². The van der Waals surface area contributed by atoms with Crippen LogP contribution in [0.25, 0.3) is 11.5 Å². The first-order valence-corrected chi connectivity index (χ1v) is 5.78. The summed E-state index contributed by atoms with van der Waals surface area (Å²) in [4.78, 5) is 8.40. The van der Waals surface area contributed by atoms with Gasteiger partial charge in [0.1, 0.15) is 5.69 Å². The lowest BCUT2D eigenvalue weighted by molar-refractivity contribution is 0.351. The van der Waals surface area contributed by atoms with Gasteiger partial charge < -0.3 is 10.3 Å². The number of nitrogens with two attached hydrogens (primary N) is 1. The van der Waals surface area contributed by atoms with Gasteiger partial charge in [-0.3, -0.25) is 4.98 Å². The van der Waals surface area contributed by atoms with Gasteiger partial charge in [0.15, 0.2) is 0 Å². The molecule has 0 spiro atoms. The Bertz CT molecular complexity index is 496. The Labute approximate surface area is 104 Å². The summed E-state index contributed by atoms with van der Waals surface area (Å²) >= 11 is 6.01. The van der Waals surface area contributed by atoms with Crippen LogP contribution >= 0.6 is 11.6 Å². The van der Waals surface area contributed by atoms with E-state index in [1.165, 1.54) is 0 Å². The predicted molar refractivity (Wildman–Crippen MR) is 64.6 cm³/mol. The van der Waals surface area contributed by atoms with E-state index in [4.69, 9.17) is 21.9 Å². The lowest BCUT2D eigenvalue weighted by atomic mass is 10.1. The molecule has 0 fully saturated rings. The zero-order valence-electron chi connectivity index (χ0n) is 9.43. The fourth-order valence-electron chi connectivity index (χ4n) is 1.49. The summed E-state index contributed by atoms with van der Waals surface area (Å²) in [5.41, 5.74) is 6.15. The minimum Gasteiger partial charge on any atom is -0.339 e. The highest BCUT2D eigenvalue weighted by Gasteiger charge is 2.18. The maximum Gasteiger partial charge on any atom is 0.231 e. The van der Waals surface area contributed by atoms with E-state index in [2.05, 4.69) is 15.1 Å². The van der Waals surface area contributed by atoms with Crippen molar-refractivity contribution in [2.24, 2.45) is 5.73 Å². The highest BCUT2D eigenvalue weighted by molar-refractivity contribution is 6.32. The van der Waals surface area contributed by atoms with Crippen molar-refractivity contribution in [3.8, 4) is 11.5 Å². The quantitative estimate of drug-likeness (QED) is 0.903. The molecule has 2 N–H and O–H groups in total. The molecule has 0 aliphatic heterocycles. The molecule has 2 rings (SSSR count). The van der Waals surface area contributed by atoms with E-state index in [-0.39, 0.29) is 5.92 Å². The van der Waals surface area contributed by atoms with Crippen LogP contribution in [0.5, 0.6) is 0 Å². The summed E-state index contributed by atoms with van der Waals surface area (Å²) in [7, 11) is 0. The van der Waals surface area contributed by atoms with E-state index in [1.54, 1.807) is 18.3 Å². The molecule has 2 aromatic heterocycles. The normalized spacial score (nSPS) is 12.6. The van der Waals surface area contributed by atoms with Gasteiger partial charge in [0.05, 0.1) is 10.9 Å². The van der Waals surface area contributed by atoms with Gasteiger partial charge in [0, 0.05) is 12.7 Å². The summed E-state index contributed by atoms with van der Waals surface area (Å²) in [5, 5.41) is 4.38. The minimum atomic E-state index is 0.0822. The van der Waals surface area contributed by atoms with E-state index in [9.17, 15) is 0 Å². The van der Waals surface area contributed by atoms with Crippen molar-refractivity contribution in [3.63, 3.8) is 0 Å². The average Bonchev–Trinajstić information content (AvgIpc) is 2.81. The smallest absolute Gasteiger partial charge is 0.231 e. The maximum atomic E-state index is 6.01. The van der Waals surface area contributed by atoms with Gasteiger partial charge in [-0.1, -0.05) is 23.7 Å². The molecule has 1 unspecified atom stereocenters. The summed E-state index contributed by atoms with van der Waals surface area (Å²) in [6, 6.07) is 3.49. The largest absolute Gasteiger partial charge is 0.339 e. The highest BCUT2D eigenvalue weighted by atomic mass is 35.5. The molecule has 0 radical (unpaired) electrons. The third-order valence-electron chi connectivity index (χ3n) is 2.54. The van der Waals surface area contributed by atoms with Crippen LogP contribution in [0.2, 0.25) is 5.02 Å².